The summed E-state index contributed by atoms with van der Waals surface area (Å²) in [6.07, 6.45) is 0. The van der Waals surface area contributed by atoms with E-state index in [4.69, 9.17) is 4.74 Å². The molecule has 7 heteroatoms. The van der Waals surface area contributed by atoms with Crippen LogP contribution in [0.15, 0.2) is 29.6 Å². The fourth-order valence-corrected chi connectivity index (χ4v) is 2.81. The number of amides is 2. The third-order valence-corrected chi connectivity index (χ3v) is 4.22. The zero-order valence-corrected chi connectivity index (χ0v) is 14.8. The fraction of sp³-hybridized carbons (Fsp3) is 0.353. The van der Waals surface area contributed by atoms with Crippen LogP contribution < -0.4 is 15.4 Å². The Morgan fingerprint density at radius 1 is 1.29 bits per heavy atom. The topological polar surface area (TPSA) is 80.3 Å². The summed E-state index contributed by atoms with van der Waals surface area (Å²) in [6, 6.07) is 6.82. The summed E-state index contributed by atoms with van der Waals surface area (Å²) in [7, 11) is 0. The number of hydrogen-bond acceptors (Lipinski definition) is 5. The summed E-state index contributed by atoms with van der Waals surface area (Å²) in [5, 5.41) is 8.19. The molecule has 0 aliphatic rings. The number of carbonyl (C=O) groups is 2. The van der Waals surface area contributed by atoms with Gasteiger partial charge in [0.15, 0.2) is 6.61 Å². The van der Waals surface area contributed by atoms with Gasteiger partial charge in [0.1, 0.15) is 16.8 Å². The van der Waals surface area contributed by atoms with Gasteiger partial charge in [0.25, 0.3) is 5.91 Å². The van der Waals surface area contributed by atoms with Crippen LogP contribution in [-0.4, -0.2) is 36.0 Å². The minimum atomic E-state index is -0.587. The first-order valence-electron chi connectivity index (χ1n) is 7.72. The Morgan fingerprint density at radius 3 is 2.58 bits per heavy atom. The normalized spacial score (nSPS) is 11.6. The van der Waals surface area contributed by atoms with Gasteiger partial charge in [0.05, 0.1) is 0 Å². The molecule has 1 aromatic heterocycles. The van der Waals surface area contributed by atoms with Crippen molar-refractivity contribution in [3.05, 3.63) is 35.3 Å². The molecule has 2 amide bonds. The molecule has 1 atom stereocenters. The summed E-state index contributed by atoms with van der Waals surface area (Å²) in [4.78, 5) is 27.8. The van der Waals surface area contributed by atoms with Gasteiger partial charge in [-0.2, -0.15) is 0 Å². The summed E-state index contributed by atoms with van der Waals surface area (Å²) >= 11 is 1.59. The Balaban J connectivity index is 1.84. The van der Waals surface area contributed by atoms with Gasteiger partial charge in [-0.1, -0.05) is 0 Å². The third kappa shape index (κ3) is 5.06. The number of nitrogens with one attached hydrogen (secondary N) is 2. The predicted molar refractivity (Wildman–Crippen MR) is 94.1 cm³/mol. The second-order valence-electron chi connectivity index (χ2n) is 5.29. The number of thiazole rings is 1. The number of rotatable bonds is 7. The van der Waals surface area contributed by atoms with Crippen molar-refractivity contribution in [1.29, 1.82) is 0 Å². The summed E-state index contributed by atoms with van der Waals surface area (Å²) < 4.78 is 5.44. The van der Waals surface area contributed by atoms with Crippen molar-refractivity contribution < 1.29 is 14.3 Å². The molecule has 0 aliphatic carbocycles. The van der Waals surface area contributed by atoms with Crippen molar-refractivity contribution in [2.75, 3.05) is 13.2 Å². The minimum absolute atomic E-state index is 0.139. The van der Waals surface area contributed by atoms with Gasteiger partial charge in [0.2, 0.25) is 5.91 Å². The number of aromatic nitrogens is 1. The van der Waals surface area contributed by atoms with Crippen molar-refractivity contribution in [2.24, 2.45) is 0 Å². The summed E-state index contributed by atoms with van der Waals surface area (Å²) in [6.45, 7) is 5.80. The Kier molecular flexibility index (Phi) is 6.31. The van der Waals surface area contributed by atoms with Gasteiger partial charge in [-0.05, 0) is 45.0 Å². The van der Waals surface area contributed by atoms with E-state index in [0.717, 1.165) is 16.3 Å². The van der Waals surface area contributed by atoms with E-state index in [-0.39, 0.29) is 18.4 Å². The molecule has 0 saturated heterocycles. The van der Waals surface area contributed by atoms with Crippen molar-refractivity contribution in [2.45, 2.75) is 26.8 Å². The Morgan fingerprint density at radius 2 is 2.00 bits per heavy atom. The standard InChI is InChI=1S/C17H21N3O3S/c1-4-18-16(22)12(3)20-15(21)9-23-14-7-5-13(6-8-14)17-19-11(2)10-24-17/h5-8,10,12H,4,9H2,1-3H3,(H,18,22)(H,20,21)/t12-/m1/s1. The molecule has 0 radical (unpaired) electrons. The van der Waals surface area contributed by atoms with E-state index in [0.29, 0.717) is 12.3 Å². The lowest BCUT2D eigenvalue weighted by Crippen LogP contribution is -2.46. The van der Waals surface area contributed by atoms with Gasteiger partial charge in [-0.15, -0.1) is 11.3 Å². The molecule has 0 aliphatic heterocycles. The molecule has 2 N–H and O–H groups in total. The van der Waals surface area contributed by atoms with Gasteiger partial charge >= 0.3 is 0 Å². The molecular weight excluding hydrogens is 326 g/mol. The van der Waals surface area contributed by atoms with Crippen molar-refractivity contribution >= 4 is 23.2 Å². The largest absolute Gasteiger partial charge is 0.484 e. The number of nitrogens with zero attached hydrogens (tertiary/aromatic N) is 1. The molecule has 0 bridgehead atoms. The summed E-state index contributed by atoms with van der Waals surface area (Å²) in [5.74, 6) is 0.0372. The van der Waals surface area contributed by atoms with Gasteiger partial charge < -0.3 is 15.4 Å². The maximum absolute atomic E-state index is 11.8. The highest BCUT2D eigenvalue weighted by Gasteiger charge is 2.14. The van der Waals surface area contributed by atoms with Gasteiger partial charge in [-0.3, -0.25) is 9.59 Å². The number of aryl methyl sites for hydroxylation is 1. The minimum Gasteiger partial charge on any atom is -0.484 e. The van der Waals surface area contributed by atoms with E-state index in [1.807, 2.05) is 31.4 Å². The molecule has 2 aromatic rings. The lowest BCUT2D eigenvalue weighted by molar-refractivity contribution is -0.129. The zero-order chi connectivity index (χ0) is 17.5. The first-order valence-corrected chi connectivity index (χ1v) is 8.60. The summed E-state index contributed by atoms with van der Waals surface area (Å²) in [5.41, 5.74) is 2.00. The van der Waals surface area contributed by atoms with Crippen LogP contribution in [0.3, 0.4) is 0 Å². The molecule has 0 fully saturated rings. The molecule has 6 nitrogen and oxygen atoms in total. The lowest BCUT2D eigenvalue weighted by Gasteiger charge is -2.13. The van der Waals surface area contributed by atoms with Crippen LogP contribution in [0.4, 0.5) is 0 Å². The molecule has 0 saturated carbocycles. The van der Waals surface area contributed by atoms with Crippen LogP contribution >= 0.6 is 11.3 Å². The molecule has 0 spiro atoms. The zero-order valence-electron chi connectivity index (χ0n) is 14.0. The van der Waals surface area contributed by atoms with Crippen LogP contribution in [0.2, 0.25) is 0 Å². The van der Waals surface area contributed by atoms with Crippen molar-refractivity contribution in [3.63, 3.8) is 0 Å². The van der Waals surface area contributed by atoms with Crippen LogP contribution in [0.5, 0.6) is 5.75 Å². The Hall–Kier alpha value is -2.41. The predicted octanol–water partition coefficient (Wildman–Crippen LogP) is 2.14. The average Bonchev–Trinajstić information content (AvgIpc) is 3.00. The van der Waals surface area contributed by atoms with Gasteiger partial charge in [-0.25, -0.2) is 4.98 Å². The van der Waals surface area contributed by atoms with E-state index < -0.39 is 6.04 Å². The second kappa shape index (κ2) is 8.44. The SMILES string of the molecule is CCNC(=O)[C@@H](C)NC(=O)COc1ccc(-c2nc(C)cs2)cc1. The highest BCUT2D eigenvalue weighted by molar-refractivity contribution is 7.13. The second-order valence-corrected chi connectivity index (χ2v) is 6.15. The van der Waals surface area contributed by atoms with E-state index in [2.05, 4.69) is 15.6 Å². The highest BCUT2D eigenvalue weighted by atomic mass is 32.1. The molecule has 24 heavy (non-hydrogen) atoms. The quantitative estimate of drug-likeness (QED) is 0.804. The molecule has 1 heterocycles. The van der Waals surface area contributed by atoms with E-state index in [1.165, 1.54) is 0 Å². The molecular formula is C17H21N3O3S. The van der Waals surface area contributed by atoms with Crippen molar-refractivity contribution in [3.8, 4) is 16.3 Å². The maximum Gasteiger partial charge on any atom is 0.258 e. The number of benzene rings is 1. The molecule has 1 aromatic carbocycles. The smallest absolute Gasteiger partial charge is 0.258 e. The molecule has 0 unspecified atom stereocenters. The molecule has 128 valence electrons. The Bertz CT molecular complexity index is 697. The average molecular weight is 347 g/mol. The monoisotopic (exact) mass is 347 g/mol. The maximum atomic E-state index is 11.8. The van der Waals surface area contributed by atoms with Crippen LogP contribution in [0.1, 0.15) is 19.5 Å². The fourth-order valence-electron chi connectivity index (χ4n) is 2.01. The highest BCUT2D eigenvalue weighted by Crippen LogP contribution is 2.25. The van der Waals surface area contributed by atoms with Gasteiger partial charge in [0, 0.05) is 23.2 Å². The van der Waals surface area contributed by atoms with E-state index in [9.17, 15) is 9.59 Å². The number of hydrogen-bond donors (Lipinski definition) is 2. The van der Waals surface area contributed by atoms with E-state index in [1.54, 1.807) is 30.4 Å². The molecule has 2 rings (SSSR count). The number of carbonyl (C=O) groups excluding carboxylic acids is 2. The Labute approximate surface area is 145 Å². The number of likely N-dealkylation sites (N-methyl/N-ethyl adjacent to an activating group) is 1. The van der Waals surface area contributed by atoms with E-state index >= 15 is 0 Å². The first kappa shape index (κ1) is 17.9. The third-order valence-electron chi connectivity index (χ3n) is 3.21. The van der Waals surface area contributed by atoms with Crippen LogP contribution in [0, 0.1) is 6.92 Å². The van der Waals surface area contributed by atoms with Crippen molar-refractivity contribution in [1.82, 2.24) is 15.6 Å². The van der Waals surface area contributed by atoms with Crippen LogP contribution in [-0.2, 0) is 9.59 Å². The van der Waals surface area contributed by atoms with Crippen LogP contribution in [0.25, 0.3) is 10.6 Å². The lowest BCUT2D eigenvalue weighted by atomic mass is 10.2. The first-order chi connectivity index (χ1) is 11.5. The number of ether oxygens (including phenoxy) is 1.